The summed E-state index contributed by atoms with van der Waals surface area (Å²) in [6.45, 7) is 7.68. The van der Waals surface area contributed by atoms with Gasteiger partial charge in [-0.1, -0.05) is 6.92 Å². The van der Waals surface area contributed by atoms with Crippen molar-refractivity contribution in [2.75, 3.05) is 33.3 Å². The minimum Gasteiger partial charge on any atom is -0.380 e. The normalized spacial score (nSPS) is 24.8. The van der Waals surface area contributed by atoms with Crippen molar-refractivity contribution in [1.82, 2.24) is 10.2 Å². The zero-order valence-corrected chi connectivity index (χ0v) is 14.1. The van der Waals surface area contributed by atoms with E-state index in [2.05, 4.69) is 44.5 Å². The number of ether oxygens (including phenoxy) is 1. The van der Waals surface area contributed by atoms with Crippen LogP contribution in [0.2, 0.25) is 0 Å². The number of nitrogens with one attached hydrogen (secondary N) is 1. The maximum Gasteiger partial charge on any atom is 0.0724 e. The van der Waals surface area contributed by atoms with E-state index in [1.165, 1.54) is 22.3 Å². The molecule has 2 heterocycles. The number of methoxy groups -OCH3 is 1. The molecular formula is C14H23BrN2OS. The summed E-state index contributed by atoms with van der Waals surface area (Å²) in [4.78, 5) is 3.89. The van der Waals surface area contributed by atoms with Gasteiger partial charge in [-0.3, -0.25) is 4.90 Å². The van der Waals surface area contributed by atoms with Crippen LogP contribution in [0.4, 0.5) is 0 Å². The van der Waals surface area contributed by atoms with Gasteiger partial charge in [0.2, 0.25) is 0 Å². The van der Waals surface area contributed by atoms with E-state index in [4.69, 9.17) is 4.74 Å². The van der Waals surface area contributed by atoms with Crippen LogP contribution in [-0.4, -0.2) is 44.3 Å². The van der Waals surface area contributed by atoms with Crippen LogP contribution in [0.15, 0.2) is 15.9 Å². The summed E-state index contributed by atoms with van der Waals surface area (Å²) in [6.07, 6.45) is 1.65. The van der Waals surface area contributed by atoms with Crippen molar-refractivity contribution in [2.45, 2.75) is 26.0 Å². The minimum atomic E-state index is 0.405. The lowest BCUT2D eigenvalue weighted by Crippen LogP contribution is -2.45. The van der Waals surface area contributed by atoms with Crippen molar-refractivity contribution in [1.29, 1.82) is 0 Å². The van der Waals surface area contributed by atoms with Gasteiger partial charge in [-0.25, -0.2) is 0 Å². The van der Waals surface area contributed by atoms with Gasteiger partial charge in [-0.05, 0) is 40.9 Å². The molecule has 2 unspecified atom stereocenters. The average Bonchev–Trinajstić information content (AvgIpc) is 2.82. The van der Waals surface area contributed by atoms with E-state index < -0.39 is 0 Å². The monoisotopic (exact) mass is 346 g/mol. The molecule has 0 bridgehead atoms. The molecule has 2 rings (SSSR count). The van der Waals surface area contributed by atoms with Crippen LogP contribution in [0.25, 0.3) is 0 Å². The first-order chi connectivity index (χ1) is 9.19. The maximum atomic E-state index is 5.55. The predicted molar refractivity (Wildman–Crippen MR) is 84.7 cm³/mol. The van der Waals surface area contributed by atoms with Gasteiger partial charge in [-0.15, -0.1) is 11.3 Å². The first-order valence-electron chi connectivity index (χ1n) is 6.88. The second-order valence-corrected chi connectivity index (χ2v) is 7.16. The van der Waals surface area contributed by atoms with E-state index in [1.54, 1.807) is 11.3 Å². The van der Waals surface area contributed by atoms with Crippen LogP contribution in [0.1, 0.15) is 18.2 Å². The minimum absolute atomic E-state index is 0.405. The van der Waals surface area contributed by atoms with Gasteiger partial charge in [0, 0.05) is 48.0 Å². The molecule has 0 radical (unpaired) electrons. The van der Waals surface area contributed by atoms with Crippen molar-refractivity contribution in [2.24, 2.45) is 5.92 Å². The molecule has 108 valence electrons. The largest absolute Gasteiger partial charge is 0.380 e. The topological polar surface area (TPSA) is 24.5 Å². The molecule has 1 saturated heterocycles. The lowest BCUT2D eigenvalue weighted by atomic mass is 9.96. The third-order valence-corrected chi connectivity index (χ3v) is 5.50. The Morgan fingerprint density at radius 2 is 2.42 bits per heavy atom. The fraction of sp³-hybridized carbons (Fsp3) is 0.714. The number of nitrogens with zero attached hydrogens (tertiary/aromatic N) is 1. The Hall–Kier alpha value is 0.0600. The fourth-order valence-electron chi connectivity index (χ4n) is 2.50. The second-order valence-electron chi connectivity index (χ2n) is 5.25. The molecule has 3 nitrogen and oxygen atoms in total. The van der Waals surface area contributed by atoms with Gasteiger partial charge in [0.15, 0.2) is 0 Å². The molecule has 1 aliphatic rings. The summed E-state index contributed by atoms with van der Waals surface area (Å²) in [6, 6.07) is 2.18. The number of hydrogen-bond acceptors (Lipinski definition) is 4. The molecule has 5 heteroatoms. The summed E-state index contributed by atoms with van der Waals surface area (Å²) in [7, 11) is 1.83. The molecule has 1 aliphatic heterocycles. The lowest BCUT2D eigenvalue weighted by Gasteiger charge is -2.36. The molecule has 19 heavy (non-hydrogen) atoms. The highest BCUT2D eigenvalue weighted by Crippen LogP contribution is 2.20. The molecule has 0 amide bonds. The first-order valence-corrected chi connectivity index (χ1v) is 8.55. The number of halogens is 1. The number of piperidine rings is 1. The predicted octanol–water partition coefficient (Wildman–Crippen LogP) is 2.96. The summed E-state index contributed by atoms with van der Waals surface area (Å²) >= 11 is 5.28. The highest BCUT2D eigenvalue weighted by atomic mass is 79.9. The van der Waals surface area contributed by atoms with Crippen LogP contribution in [0, 0.1) is 5.92 Å². The molecule has 0 saturated carbocycles. The molecule has 0 spiro atoms. The molecule has 1 fully saturated rings. The quantitative estimate of drug-likeness (QED) is 0.801. The number of likely N-dealkylation sites (tertiary alicyclic amines) is 1. The van der Waals surface area contributed by atoms with Gasteiger partial charge in [0.1, 0.15) is 0 Å². The Kier molecular flexibility index (Phi) is 6.29. The highest BCUT2D eigenvalue weighted by Gasteiger charge is 2.25. The third kappa shape index (κ3) is 4.83. The third-order valence-electron chi connectivity index (χ3n) is 3.80. The fourth-order valence-corrected chi connectivity index (χ4v) is 3.92. The van der Waals surface area contributed by atoms with E-state index in [0.29, 0.717) is 12.0 Å². The van der Waals surface area contributed by atoms with Crippen LogP contribution < -0.4 is 5.32 Å². The maximum absolute atomic E-state index is 5.55. The van der Waals surface area contributed by atoms with Crippen LogP contribution in [0.3, 0.4) is 0 Å². The average molecular weight is 347 g/mol. The Morgan fingerprint density at radius 1 is 1.58 bits per heavy atom. The van der Waals surface area contributed by atoms with Crippen molar-refractivity contribution >= 4 is 27.3 Å². The van der Waals surface area contributed by atoms with Crippen molar-refractivity contribution in [3.63, 3.8) is 0 Å². The standard InChI is InChI=1S/C14H23BrN2OS/c1-11-3-5-17(9-14(11)18-2)6-4-16-8-13-7-12(15)10-19-13/h7,10-11,14,16H,3-6,8-9H2,1-2H3. The van der Waals surface area contributed by atoms with E-state index >= 15 is 0 Å². The molecule has 1 N–H and O–H groups in total. The molecule has 1 aromatic heterocycles. The van der Waals surface area contributed by atoms with Gasteiger partial charge >= 0.3 is 0 Å². The van der Waals surface area contributed by atoms with Crippen molar-refractivity contribution in [3.05, 3.63) is 20.8 Å². The molecule has 1 aromatic rings. The van der Waals surface area contributed by atoms with Crippen molar-refractivity contribution < 1.29 is 4.74 Å². The Labute approximate surface area is 128 Å². The van der Waals surface area contributed by atoms with Crippen LogP contribution in [0.5, 0.6) is 0 Å². The number of thiophene rings is 1. The Balaban J connectivity index is 1.63. The van der Waals surface area contributed by atoms with Gasteiger partial charge < -0.3 is 10.1 Å². The van der Waals surface area contributed by atoms with E-state index in [0.717, 1.165) is 26.2 Å². The zero-order chi connectivity index (χ0) is 13.7. The number of rotatable bonds is 6. The van der Waals surface area contributed by atoms with E-state index in [1.807, 2.05) is 7.11 Å². The van der Waals surface area contributed by atoms with Gasteiger partial charge in [0.25, 0.3) is 0 Å². The van der Waals surface area contributed by atoms with Crippen LogP contribution in [-0.2, 0) is 11.3 Å². The van der Waals surface area contributed by atoms with E-state index in [9.17, 15) is 0 Å². The number of hydrogen-bond donors (Lipinski definition) is 1. The summed E-state index contributed by atoms with van der Waals surface area (Å²) < 4.78 is 6.73. The van der Waals surface area contributed by atoms with Gasteiger partial charge in [-0.2, -0.15) is 0 Å². The Morgan fingerprint density at radius 3 is 3.11 bits per heavy atom. The molecule has 0 aromatic carbocycles. The second kappa shape index (κ2) is 7.74. The summed E-state index contributed by atoms with van der Waals surface area (Å²) in [5.41, 5.74) is 0. The van der Waals surface area contributed by atoms with E-state index in [-0.39, 0.29) is 0 Å². The summed E-state index contributed by atoms with van der Waals surface area (Å²) in [5, 5.41) is 5.64. The lowest BCUT2D eigenvalue weighted by molar-refractivity contribution is -0.00443. The Bertz CT molecular complexity index is 385. The summed E-state index contributed by atoms with van der Waals surface area (Å²) in [5.74, 6) is 0.692. The molecule has 0 aliphatic carbocycles. The van der Waals surface area contributed by atoms with Crippen LogP contribution >= 0.6 is 27.3 Å². The van der Waals surface area contributed by atoms with Crippen molar-refractivity contribution in [3.8, 4) is 0 Å². The molecule has 2 atom stereocenters. The molecular weight excluding hydrogens is 324 g/mol. The van der Waals surface area contributed by atoms with Gasteiger partial charge in [0.05, 0.1) is 6.10 Å². The smallest absolute Gasteiger partial charge is 0.0724 e. The first kappa shape index (κ1) is 15.4. The zero-order valence-electron chi connectivity index (χ0n) is 11.7. The SMILES string of the molecule is COC1CN(CCNCc2cc(Br)cs2)CCC1C. The highest BCUT2D eigenvalue weighted by molar-refractivity contribution is 9.10.